The van der Waals surface area contributed by atoms with Crippen molar-refractivity contribution in [3.63, 3.8) is 0 Å². The lowest BCUT2D eigenvalue weighted by atomic mass is 9.99. The summed E-state index contributed by atoms with van der Waals surface area (Å²) in [6.07, 6.45) is 1.69. The predicted octanol–water partition coefficient (Wildman–Crippen LogP) is 4.72. The van der Waals surface area contributed by atoms with Crippen LogP contribution in [-0.4, -0.2) is 17.1 Å². The second-order valence-corrected chi connectivity index (χ2v) is 7.61. The highest BCUT2D eigenvalue weighted by Gasteiger charge is 2.27. The lowest BCUT2D eigenvalue weighted by Gasteiger charge is -2.22. The Balaban J connectivity index is 1.31. The molecule has 0 saturated heterocycles. The Bertz CT molecular complexity index is 1100. The summed E-state index contributed by atoms with van der Waals surface area (Å²) in [4.78, 5) is 16.4. The number of carbonyl (C=O) groups excluding carboxylic acids is 1. The highest BCUT2D eigenvalue weighted by Crippen LogP contribution is 2.30. The van der Waals surface area contributed by atoms with Gasteiger partial charge in [-0.2, -0.15) is 0 Å². The molecule has 1 aliphatic carbocycles. The van der Waals surface area contributed by atoms with Gasteiger partial charge in [-0.05, 0) is 29.2 Å². The van der Waals surface area contributed by atoms with Gasteiger partial charge in [-0.1, -0.05) is 78.9 Å². The van der Waals surface area contributed by atoms with Crippen LogP contribution < -0.4 is 10.6 Å². The summed E-state index contributed by atoms with van der Waals surface area (Å²) >= 11 is 0. The van der Waals surface area contributed by atoms with Crippen molar-refractivity contribution < 1.29 is 4.79 Å². The van der Waals surface area contributed by atoms with Crippen molar-refractivity contribution in [2.45, 2.75) is 24.9 Å². The Kier molecular flexibility index (Phi) is 4.53. The van der Waals surface area contributed by atoms with E-state index in [4.69, 9.17) is 0 Å². The largest absolute Gasteiger partial charge is 0.358 e. The third-order valence-corrected chi connectivity index (χ3v) is 5.68. The summed E-state index contributed by atoms with van der Waals surface area (Å²) in [6.45, 7) is 0. The molecule has 0 saturated carbocycles. The van der Waals surface area contributed by atoms with Crippen molar-refractivity contribution in [2.75, 3.05) is 0 Å². The number of fused-ring (bicyclic) bond motifs is 3. The molecule has 5 rings (SSSR count). The number of hydrogen-bond donors (Lipinski definition) is 3. The van der Waals surface area contributed by atoms with Crippen LogP contribution in [0.3, 0.4) is 0 Å². The summed E-state index contributed by atoms with van der Waals surface area (Å²) in [5, 5.41) is 7.61. The zero-order valence-corrected chi connectivity index (χ0v) is 16.1. The van der Waals surface area contributed by atoms with Crippen LogP contribution in [0.15, 0.2) is 84.9 Å². The van der Waals surface area contributed by atoms with Gasteiger partial charge in [-0.3, -0.25) is 0 Å². The molecular weight excluding hydrogens is 358 g/mol. The number of carbonyl (C=O) groups is 1. The van der Waals surface area contributed by atoms with E-state index in [1.54, 1.807) is 0 Å². The highest BCUT2D eigenvalue weighted by molar-refractivity contribution is 5.85. The molecule has 0 spiro atoms. The van der Waals surface area contributed by atoms with Gasteiger partial charge in [0.15, 0.2) is 0 Å². The standard InChI is InChI=1S/C25H23N3O/c29-25(26-19-15-21-20-13-7-8-14-22(20)27-23(21)16-19)28-24(17-9-3-1-4-10-17)18-11-5-2-6-12-18/h1-14,19,24,27H,15-16H2,(H2,26,28,29). The van der Waals surface area contributed by atoms with Crippen LogP contribution in [0.4, 0.5) is 4.79 Å². The monoisotopic (exact) mass is 381 g/mol. The van der Waals surface area contributed by atoms with Gasteiger partial charge in [0.2, 0.25) is 0 Å². The van der Waals surface area contributed by atoms with Crippen molar-refractivity contribution in [3.05, 3.63) is 107 Å². The molecule has 0 fully saturated rings. The first-order chi connectivity index (χ1) is 14.3. The molecule has 29 heavy (non-hydrogen) atoms. The van der Waals surface area contributed by atoms with E-state index in [1.165, 1.54) is 22.2 Å². The molecule has 3 aromatic carbocycles. The molecule has 4 aromatic rings. The third kappa shape index (κ3) is 3.49. The van der Waals surface area contributed by atoms with E-state index in [9.17, 15) is 4.79 Å². The number of benzene rings is 3. The number of urea groups is 1. The Hall–Kier alpha value is -3.53. The van der Waals surface area contributed by atoms with Crippen LogP contribution in [0, 0.1) is 0 Å². The minimum Gasteiger partial charge on any atom is -0.358 e. The molecule has 0 bridgehead atoms. The van der Waals surface area contributed by atoms with E-state index >= 15 is 0 Å². The molecule has 4 nitrogen and oxygen atoms in total. The molecule has 2 amide bonds. The normalized spacial score (nSPS) is 15.4. The smallest absolute Gasteiger partial charge is 0.315 e. The second-order valence-electron chi connectivity index (χ2n) is 7.61. The topological polar surface area (TPSA) is 56.9 Å². The maximum absolute atomic E-state index is 12.9. The average molecular weight is 381 g/mol. The first-order valence-corrected chi connectivity index (χ1v) is 10.0. The van der Waals surface area contributed by atoms with Gasteiger partial charge < -0.3 is 15.6 Å². The van der Waals surface area contributed by atoms with Gasteiger partial charge in [0, 0.05) is 29.1 Å². The summed E-state index contributed by atoms with van der Waals surface area (Å²) in [5.41, 5.74) is 5.87. The third-order valence-electron chi connectivity index (χ3n) is 5.68. The van der Waals surface area contributed by atoms with Crippen molar-refractivity contribution in [1.29, 1.82) is 0 Å². The molecule has 144 valence electrons. The SMILES string of the molecule is O=C(NC1Cc2[nH]c3ccccc3c2C1)NC(c1ccccc1)c1ccccc1. The molecule has 1 aliphatic rings. The van der Waals surface area contributed by atoms with E-state index in [2.05, 4.69) is 33.8 Å². The summed E-state index contributed by atoms with van der Waals surface area (Å²) in [6, 6.07) is 28.3. The first kappa shape index (κ1) is 17.6. The molecule has 0 aliphatic heterocycles. The summed E-state index contributed by atoms with van der Waals surface area (Å²) in [7, 11) is 0. The maximum Gasteiger partial charge on any atom is 0.315 e. The van der Waals surface area contributed by atoms with E-state index < -0.39 is 0 Å². The van der Waals surface area contributed by atoms with Crippen molar-refractivity contribution in [1.82, 2.24) is 15.6 Å². The average Bonchev–Trinajstić information content (AvgIpc) is 3.30. The molecule has 1 unspecified atom stereocenters. The second kappa shape index (κ2) is 7.47. The van der Waals surface area contributed by atoms with E-state index in [0.29, 0.717) is 0 Å². The van der Waals surface area contributed by atoms with Crippen LogP contribution in [0.25, 0.3) is 10.9 Å². The fraction of sp³-hybridized carbons (Fsp3) is 0.160. The minimum atomic E-state index is -0.183. The van der Waals surface area contributed by atoms with Gasteiger partial charge in [0.1, 0.15) is 0 Å². The number of amides is 2. The van der Waals surface area contributed by atoms with Gasteiger partial charge in [0.25, 0.3) is 0 Å². The number of hydrogen-bond acceptors (Lipinski definition) is 1. The Labute approximate surface area is 170 Å². The molecule has 4 heteroatoms. The maximum atomic E-state index is 12.9. The van der Waals surface area contributed by atoms with Gasteiger partial charge in [-0.25, -0.2) is 4.79 Å². The van der Waals surface area contributed by atoms with E-state index in [1.807, 2.05) is 66.7 Å². The molecular formula is C25H23N3O. The van der Waals surface area contributed by atoms with Crippen LogP contribution in [0.5, 0.6) is 0 Å². The van der Waals surface area contributed by atoms with Gasteiger partial charge >= 0.3 is 6.03 Å². The fourth-order valence-corrected chi connectivity index (χ4v) is 4.34. The Morgan fingerprint density at radius 3 is 2.14 bits per heavy atom. The Morgan fingerprint density at radius 2 is 1.45 bits per heavy atom. The lowest BCUT2D eigenvalue weighted by molar-refractivity contribution is 0.235. The number of aromatic amines is 1. The lowest BCUT2D eigenvalue weighted by Crippen LogP contribution is -2.44. The molecule has 0 radical (unpaired) electrons. The van der Waals surface area contributed by atoms with Gasteiger partial charge in [-0.15, -0.1) is 0 Å². The first-order valence-electron chi connectivity index (χ1n) is 10.0. The summed E-state index contributed by atoms with van der Waals surface area (Å²) in [5.74, 6) is 0. The highest BCUT2D eigenvalue weighted by atomic mass is 16.2. The molecule has 1 heterocycles. The zero-order valence-electron chi connectivity index (χ0n) is 16.1. The van der Waals surface area contributed by atoms with Crippen molar-refractivity contribution >= 4 is 16.9 Å². The van der Waals surface area contributed by atoms with Crippen LogP contribution in [0.1, 0.15) is 28.4 Å². The number of para-hydroxylation sites is 1. The number of aromatic nitrogens is 1. The minimum absolute atomic E-state index is 0.105. The zero-order chi connectivity index (χ0) is 19.6. The van der Waals surface area contributed by atoms with Crippen molar-refractivity contribution in [2.24, 2.45) is 0 Å². The van der Waals surface area contributed by atoms with Crippen molar-refractivity contribution in [3.8, 4) is 0 Å². The van der Waals surface area contributed by atoms with Crippen LogP contribution >= 0.6 is 0 Å². The number of nitrogens with one attached hydrogen (secondary N) is 3. The van der Waals surface area contributed by atoms with Crippen LogP contribution in [-0.2, 0) is 12.8 Å². The molecule has 1 atom stereocenters. The summed E-state index contributed by atoms with van der Waals surface area (Å²) < 4.78 is 0. The number of H-pyrrole nitrogens is 1. The van der Waals surface area contributed by atoms with E-state index in [0.717, 1.165) is 24.0 Å². The number of rotatable bonds is 4. The predicted molar refractivity (Wildman–Crippen MR) is 116 cm³/mol. The molecule has 3 N–H and O–H groups in total. The fourth-order valence-electron chi connectivity index (χ4n) is 4.34. The molecule has 1 aromatic heterocycles. The van der Waals surface area contributed by atoms with E-state index in [-0.39, 0.29) is 18.1 Å². The van der Waals surface area contributed by atoms with Gasteiger partial charge in [0.05, 0.1) is 6.04 Å². The van der Waals surface area contributed by atoms with Crippen LogP contribution in [0.2, 0.25) is 0 Å². The Morgan fingerprint density at radius 1 is 0.828 bits per heavy atom. The quantitative estimate of drug-likeness (QED) is 0.470.